The zero-order valence-corrected chi connectivity index (χ0v) is 16.6. The molecule has 0 saturated heterocycles. The molecule has 0 unspecified atom stereocenters. The minimum Gasteiger partial charge on any atom is -0.368 e. The van der Waals surface area contributed by atoms with Crippen molar-refractivity contribution in [1.82, 2.24) is 15.0 Å². The molecule has 0 radical (unpaired) electrons. The molecule has 1 amide bonds. The van der Waals surface area contributed by atoms with Crippen molar-refractivity contribution in [2.24, 2.45) is 0 Å². The Morgan fingerprint density at radius 1 is 1.07 bits per heavy atom. The molecule has 0 atom stereocenters. The Labute approximate surface area is 175 Å². The second-order valence-electron chi connectivity index (χ2n) is 7.51. The molecule has 0 fully saturated rings. The van der Waals surface area contributed by atoms with Crippen LogP contribution in [0.2, 0.25) is 0 Å². The second kappa shape index (κ2) is 7.99. The number of carbonyl (C=O) groups excluding carboxylic acids is 1. The van der Waals surface area contributed by atoms with Crippen molar-refractivity contribution in [2.75, 3.05) is 23.3 Å². The van der Waals surface area contributed by atoms with Crippen LogP contribution in [0.1, 0.15) is 28.0 Å². The van der Waals surface area contributed by atoms with Crippen LogP contribution in [0.25, 0.3) is 10.9 Å². The number of benzene rings is 2. The van der Waals surface area contributed by atoms with E-state index in [9.17, 15) is 4.79 Å². The molecular weight excluding hydrogens is 374 g/mol. The van der Waals surface area contributed by atoms with Crippen LogP contribution in [0.4, 0.5) is 11.5 Å². The van der Waals surface area contributed by atoms with Crippen LogP contribution in [0.5, 0.6) is 0 Å². The molecule has 0 aliphatic carbocycles. The van der Waals surface area contributed by atoms with Crippen LogP contribution in [0.15, 0.2) is 67.1 Å². The monoisotopic (exact) mass is 397 g/mol. The number of aromatic nitrogens is 3. The summed E-state index contributed by atoms with van der Waals surface area (Å²) >= 11 is 0. The molecule has 1 aliphatic rings. The van der Waals surface area contributed by atoms with E-state index in [0.717, 1.165) is 37.0 Å². The van der Waals surface area contributed by atoms with Crippen molar-refractivity contribution in [3.8, 4) is 0 Å². The first-order chi connectivity index (χ1) is 14.8. The van der Waals surface area contributed by atoms with Gasteiger partial charge in [0.1, 0.15) is 11.5 Å². The molecule has 1 aliphatic heterocycles. The van der Waals surface area contributed by atoms with Gasteiger partial charge < -0.3 is 15.2 Å². The van der Waals surface area contributed by atoms with Gasteiger partial charge in [0.2, 0.25) is 0 Å². The summed E-state index contributed by atoms with van der Waals surface area (Å²) in [5.74, 6) is 0.574. The van der Waals surface area contributed by atoms with Gasteiger partial charge in [-0.3, -0.25) is 4.79 Å². The summed E-state index contributed by atoms with van der Waals surface area (Å²) in [4.78, 5) is 26.8. The minimum atomic E-state index is -0.0972. The number of fused-ring (bicyclic) bond motifs is 2. The zero-order valence-electron chi connectivity index (χ0n) is 16.6. The predicted octanol–water partition coefficient (Wildman–Crippen LogP) is 4.21. The number of H-pyrrole nitrogens is 1. The SMILES string of the molecule is O=C(c1cnc(NCCc2c[nH]c3ccccc23)cn1)N1CCCc2ccccc21. The Bertz CT molecular complexity index is 1180. The second-order valence-corrected chi connectivity index (χ2v) is 7.51. The first kappa shape index (κ1) is 18.4. The van der Waals surface area contributed by atoms with E-state index in [1.165, 1.54) is 16.5 Å². The topological polar surface area (TPSA) is 73.9 Å². The molecule has 6 nitrogen and oxygen atoms in total. The summed E-state index contributed by atoms with van der Waals surface area (Å²) in [6.45, 7) is 1.45. The Hall–Kier alpha value is -3.67. The Kier molecular flexibility index (Phi) is 4.89. The third-order valence-electron chi connectivity index (χ3n) is 5.60. The number of anilines is 2. The lowest BCUT2D eigenvalue weighted by molar-refractivity contribution is 0.0980. The van der Waals surface area contributed by atoms with Crippen LogP contribution in [-0.4, -0.2) is 33.9 Å². The fourth-order valence-electron chi connectivity index (χ4n) is 4.08. The number of aryl methyl sites for hydroxylation is 1. The fraction of sp³-hybridized carbons (Fsp3) is 0.208. The van der Waals surface area contributed by atoms with E-state index in [1.54, 1.807) is 12.4 Å². The number of rotatable bonds is 5. The summed E-state index contributed by atoms with van der Waals surface area (Å²) in [7, 11) is 0. The number of nitrogens with one attached hydrogen (secondary N) is 2. The molecule has 5 rings (SSSR count). The van der Waals surface area contributed by atoms with Gasteiger partial charge in [-0.2, -0.15) is 0 Å². The van der Waals surface area contributed by atoms with Gasteiger partial charge in [0.05, 0.1) is 12.4 Å². The molecule has 0 saturated carbocycles. The summed E-state index contributed by atoms with van der Waals surface area (Å²) in [6, 6.07) is 16.4. The van der Waals surface area contributed by atoms with Gasteiger partial charge in [0, 0.05) is 35.9 Å². The highest BCUT2D eigenvalue weighted by atomic mass is 16.2. The van der Waals surface area contributed by atoms with Crippen LogP contribution >= 0.6 is 0 Å². The highest BCUT2D eigenvalue weighted by Gasteiger charge is 2.24. The zero-order chi connectivity index (χ0) is 20.3. The van der Waals surface area contributed by atoms with Gasteiger partial charge in [0.25, 0.3) is 5.91 Å². The number of aromatic amines is 1. The number of hydrogen-bond acceptors (Lipinski definition) is 4. The standard InChI is InChI=1S/C24H23N5O/c30-24(29-13-5-7-17-6-1-4-10-22(17)29)21-15-28-23(16-27-21)25-12-11-18-14-26-20-9-3-2-8-19(18)20/h1-4,6,8-10,14-16,26H,5,7,11-13H2,(H,25,28). The van der Waals surface area contributed by atoms with Gasteiger partial charge >= 0.3 is 0 Å². The molecule has 4 aromatic rings. The molecule has 6 heteroatoms. The normalized spacial score (nSPS) is 13.3. The highest BCUT2D eigenvalue weighted by Crippen LogP contribution is 2.27. The van der Waals surface area contributed by atoms with Gasteiger partial charge in [-0.15, -0.1) is 0 Å². The molecule has 3 heterocycles. The maximum absolute atomic E-state index is 13.0. The van der Waals surface area contributed by atoms with Crippen LogP contribution in [0, 0.1) is 0 Å². The van der Waals surface area contributed by atoms with Crippen molar-refractivity contribution in [3.63, 3.8) is 0 Å². The molecule has 2 N–H and O–H groups in total. The first-order valence-electron chi connectivity index (χ1n) is 10.3. The average molecular weight is 397 g/mol. The smallest absolute Gasteiger partial charge is 0.278 e. The quantitative estimate of drug-likeness (QED) is 0.529. The molecule has 0 bridgehead atoms. The van der Waals surface area contributed by atoms with E-state index in [4.69, 9.17) is 0 Å². The largest absolute Gasteiger partial charge is 0.368 e. The van der Waals surface area contributed by atoms with Crippen molar-refractivity contribution in [3.05, 3.63) is 83.9 Å². The Balaban J connectivity index is 1.23. The lowest BCUT2D eigenvalue weighted by Crippen LogP contribution is -2.36. The van der Waals surface area contributed by atoms with Crippen molar-refractivity contribution in [1.29, 1.82) is 0 Å². The number of para-hydroxylation sites is 2. The maximum Gasteiger partial charge on any atom is 0.278 e. The average Bonchev–Trinajstić information content (AvgIpc) is 3.22. The van der Waals surface area contributed by atoms with Crippen LogP contribution < -0.4 is 10.2 Å². The van der Waals surface area contributed by atoms with Gasteiger partial charge in [0.15, 0.2) is 0 Å². The summed E-state index contributed by atoms with van der Waals surface area (Å²) in [5, 5.41) is 4.54. The van der Waals surface area contributed by atoms with E-state index in [-0.39, 0.29) is 5.91 Å². The van der Waals surface area contributed by atoms with E-state index >= 15 is 0 Å². The number of carbonyl (C=O) groups is 1. The van der Waals surface area contributed by atoms with Crippen molar-refractivity contribution in [2.45, 2.75) is 19.3 Å². The third kappa shape index (κ3) is 3.52. The molecule has 2 aromatic heterocycles. The summed E-state index contributed by atoms with van der Waals surface area (Å²) in [6.07, 6.45) is 8.09. The molecule has 2 aromatic carbocycles. The fourth-order valence-corrected chi connectivity index (χ4v) is 4.08. The number of nitrogens with zero attached hydrogens (tertiary/aromatic N) is 3. The van der Waals surface area contributed by atoms with E-state index in [2.05, 4.69) is 50.7 Å². The van der Waals surface area contributed by atoms with Crippen LogP contribution in [0.3, 0.4) is 0 Å². The van der Waals surface area contributed by atoms with Crippen molar-refractivity contribution < 1.29 is 4.79 Å². The van der Waals surface area contributed by atoms with E-state index < -0.39 is 0 Å². The predicted molar refractivity (Wildman–Crippen MR) is 119 cm³/mol. The van der Waals surface area contributed by atoms with Crippen LogP contribution in [-0.2, 0) is 12.8 Å². The molecule has 150 valence electrons. The lowest BCUT2D eigenvalue weighted by Gasteiger charge is -2.29. The van der Waals surface area contributed by atoms with Crippen molar-refractivity contribution >= 4 is 28.3 Å². The Morgan fingerprint density at radius 2 is 1.93 bits per heavy atom. The van der Waals surface area contributed by atoms with Gasteiger partial charge in [-0.1, -0.05) is 36.4 Å². The van der Waals surface area contributed by atoms with E-state index in [1.807, 2.05) is 29.2 Å². The maximum atomic E-state index is 13.0. The van der Waals surface area contributed by atoms with E-state index in [0.29, 0.717) is 18.1 Å². The molecule has 0 spiro atoms. The number of hydrogen-bond donors (Lipinski definition) is 2. The first-order valence-corrected chi connectivity index (χ1v) is 10.3. The molecule has 30 heavy (non-hydrogen) atoms. The number of amides is 1. The third-order valence-corrected chi connectivity index (χ3v) is 5.60. The summed E-state index contributed by atoms with van der Waals surface area (Å²) < 4.78 is 0. The minimum absolute atomic E-state index is 0.0972. The van der Waals surface area contributed by atoms with Gasteiger partial charge in [-0.25, -0.2) is 9.97 Å². The van der Waals surface area contributed by atoms with Gasteiger partial charge in [-0.05, 0) is 42.5 Å². The summed E-state index contributed by atoms with van der Waals surface area (Å²) in [5.41, 5.74) is 4.97. The molecular formula is C24H23N5O. The highest BCUT2D eigenvalue weighted by molar-refractivity contribution is 6.05. The lowest BCUT2D eigenvalue weighted by atomic mass is 10.0. The Morgan fingerprint density at radius 3 is 2.83 bits per heavy atom.